The van der Waals surface area contributed by atoms with E-state index in [-0.39, 0.29) is 0 Å². The van der Waals surface area contributed by atoms with E-state index in [0.29, 0.717) is 0 Å². The summed E-state index contributed by atoms with van der Waals surface area (Å²) in [5.41, 5.74) is -2.79. The average molecular weight is 207 g/mol. The highest BCUT2D eigenvalue weighted by atomic mass is 31.2. The van der Waals surface area contributed by atoms with E-state index in [9.17, 15) is 9.13 Å². The van der Waals surface area contributed by atoms with Crippen LogP contribution in [0, 0.1) is 0 Å². The van der Waals surface area contributed by atoms with Crippen molar-refractivity contribution >= 4 is 15.2 Å². The molecular formula is CH7NO7P2. The number of nitrogens with two attached hydrogens (primary N) is 1. The van der Waals surface area contributed by atoms with Crippen LogP contribution in [0.4, 0.5) is 0 Å². The van der Waals surface area contributed by atoms with E-state index in [2.05, 4.69) is 10.5 Å². The standard InChI is InChI=1S/CH7NO7P2/c2-9-11(7,8)1(3)10(4,5)6/h1,3H,2H2,(H,7,8)(H2,4,5,6). The van der Waals surface area contributed by atoms with Crippen molar-refractivity contribution in [3.63, 3.8) is 0 Å². The molecule has 10 heteroatoms. The van der Waals surface area contributed by atoms with Gasteiger partial charge in [0, 0.05) is 0 Å². The Balaban J connectivity index is 4.64. The van der Waals surface area contributed by atoms with E-state index in [0.717, 1.165) is 0 Å². The second-order valence-corrected chi connectivity index (χ2v) is 5.51. The number of hydrogen-bond acceptors (Lipinski definition) is 5. The van der Waals surface area contributed by atoms with Crippen molar-refractivity contribution in [3.05, 3.63) is 0 Å². The summed E-state index contributed by atoms with van der Waals surface area (Å²) in [4.78, 5) is 24.7. The molecule has 0 aliphatic rings. The molecule has 2 unspecified atom stereocenters. The zero-order valence-electron chi connectivity index (χ0n) is 5.06. The lowest BCUT2D eigenvalue weighted by Gasteiger charge is -2.15. The lowest BCUT2D eigenvalue weighted by Crippen LogP contribution is -2.12. The Labute approximate surface area is 61.2 Å². The molecule has 0 amide bonds. The summed E-state index contributed by atoms with van der Waals surface area (Å²) in [7, 11) is -9.87. The molecule has 8 nitrogen and oxygen atoms in total. The van der Waals surface area contributed by atoms with Crippen molar-refractivity contribution in [2.75, 3.05) is 0 Å². The highest BCUT2D eigenvalue weighted by molar-refractivity contribution is 7.70. The second-order valence-electron chi connectivity index (χ2n) is 1.61. The lowest BCUT2D eigenvalue weighted by atomic mass is 11.7. The first kappa shape index (κ1) is 11.2. The molecule has 0 aromatic heterocycles. The van der Waals surface area contributed by atoms with Gasteiger partial charge in [0.15, 0.2) is 0 Å². The van der Waals surface area contributed by atoms with Crippen molar-refractivity contribution in [2.24, 2.45) is 5.90 Å². The number of aliphatic hydroxyl groups is 1. The van der Waals surface area contributed by atoms with Gasteiger partial charge in [-0.2, -0.15) is 0 Å². The number of hydrogen-bond donors (Lipinski definition) is 5. The van der Waals surface area contributed by atoms with E-state index < -0.39 is 20.8 Å². The Morgan fingerprint density at radius 2 is 1.64 bits per heavy atom. The Bertz CT molecular complexity index is 218. The molecule has 0 bridgehead atoms. The fourth-order valence-corrected chi connectivity index (χ4v) is 2.04. The van der Waals surface area contributed by atoms with Crippen LogP contribution in [-0.4, -0.2) is 25.4 Å². The third-order valence-electron chi connectivity index (χ3n) is 0.744. The first-order chi connectivity index (χ1) is 4.72. The molecule has 0 saturated heterocycles. The van der Waals surface area contributed by atoms with Crippen LogP contribution >= 0.6 is 15.2 Å². The normalized spacial score (nSPS) is 20.8. The molecule has 6 N–H and O–H groups in total. The molecule has 0 saturated carbocycles. The van der Waals surface area contributed by atoms with Gasteiger partial charge in [-0.3, -0.25) is 9.13 Å². The summed E-state index contributed by atoms with van der Waals surface area (Å²) < 4.78 is 23.8. The van der Waals surface area contributed by atoms with Gasteiger partial charge in [-0.1, -0.05) is 0 Å². The van der Waals surface area contributed by atoms with E-state index in [4.69, 9.17) is 19.8 Å². The maximum Gasteiger partial charge on any atom is 0.384 e. The smallest absolute Gasteiger partial charge is 0.370 e. The Hall–Kier alpha value is 0.220. The maximum atomic E-state index is 10.4. The molecule has 0 rings (SSSR count). The summed E-state index contributed by atoms with van der Waals surface area (Å²) in [5, 5.41) is 8.43. The van der Waals surface area contributed by atoms with Crippen LogP contribution in [0.15, 0.2) is 0 Å². The third-order valence-corrected chi connectivity index (χ3v) is 4.01. The topological polar surface area (TPSA) is 150 Å². The molecule has 0 heterocycles. The first-order valence-corrected chi connectivity index (χ1v) is 5.49. The predicted octanol–water partition coefficient (Wildman–Crippen LogP) is -1.48. The lowest BCUT2D eigenvalue weighted by molar-refractivity contribution is 0.190. The molecule has 0 spiro atoms. The fourth-order valence-electron chi connectivity index (χ4n) is 0.245. The van der Waals surface area contributed by atoms with E-state index in [1.807, 2.05) is 0 Å². The minimum absolute atomic E-state index is 2.79. The molecule has 68 valence electrons. The summed E-state index contributed by atoms with van der Waals surface area (Å²) in [6, 6.07) is 0. The van der Waals surface area contributed by atoms with Gasteiger partial charge in [0.25, 0.3) is 5.59 Å². The van der Waals surface area contributed by atoms with Crippen molar-refractivity contribution in [1.29, 1.82) is 0 Å². The van der Waals surface area contributed by atoms with E-state index >= 15 is 0 Å². The molecule has 0 radical (unpaired) electrons. The van der Waals surface area contributed by atoms with E-state index in [1.165, 1.54) is 0 Å². The first-order valence-electron chi connectivity index (χ1n) is 2.16. The van der Waals surface area contributed by atoms with Crippen LogP contribution in [0.1, 0.15) is 0 Å². The molecule has 0 aromatic rings. The summed E-state index contributed by atoms with van der Waals surface area (Å²) >= 11 is 0. The molecule has 0 aliphatic carbocycles. The highest BCUT2D eigenvalue weighted by Crippen LogP contribution is 2.60. The summed E-state index contributed by atoms with van der Waals surface area (Å²) in [6.07, 6.45) is 0. The molecule has 0 aromatic carbocycles. The molecule has 0 aliphatic heterocycles. The molecule has 0 fully saturated rings. The summed E-state index contributed by atoms with van der Waals surface area (Å²) in [5.74, 6) is 4.19. The zero-order valence-corrected chi connectivity index (χ0v) is 6.85. The largest absolute Gasteiger partial charge is 0.384 e. The van der Waals surface area contributed by atoms with Crippen molar-refractivity contribution in [1.82, 2.24) is 0 Å². The Morgan fingerprint density at radius 1 is 1.27 bits per heavy atom. The average Bonchev–Trinajstić information content (AvgIpc) is 1.84. The fraction of sp³-hybridized carbons (Fsp3) is 1.00. The van der Waals surface area contributed by atoms with Crippen LogP contribution in [-0.2, 0) is 13.8 Å². The number of aliphatic hydroxyl groups excluding tert-OH is 1. The molecule has 11 heavy (non-hydrogen) atoms. The molecule has 2 atom stereocenters. The Kier molecular flexibility index (Phi) is 3.37. The van der Waals surface area contributed by atoms with Gasteiger partial charge in [-0.15, -0.1) is 0 Å². The van der Waals surface area contributed by atoms with Crippen LogP contribution in [0.2, 0.25) is 0 Å². The van der Waals surface area contributed by atoms with Crippen molar-refractivity contribution in [3.8, 4) is 0 Å². The molecular weight excluding hydrogens is 200 g/mol. The SMILES string of the molecule is NOP(=O)(O)C(O)P(=O)(O)O. The van der Waals surface area contributed by atoms with Gasteiger partial charge in [0.05, 0.1) is 0 Å². The van der Waals surface area contributed by atoms with Crippen molar-refractivity contribution < 1.29 is 33.5 Å². The highest BCUT2D eigenvalue weighted by Gasteiger charge is 2.44. The van der Waals surface area contributed by atoms with Gasteiger partial charge in [0.2, 0.25) is 0 Å². The van der Waals surface area contributed by atoms with Crippen LogP contribution in [0.5, 0.6) is 0 Å². The van der Waals surface area contributed by atoms with Crippen LogP contribution in [0.3, 0.4) is 0 Å². The monoisotopic (exact) mass is 207 g/mol. The van der Waals surface area contributed by atoms with Gasteiger partial charge >= 0.3 is 15.2 Å². The maximum absolute atomic E-state index is 10.4. The summed E-state index contributed by atoms with van der Waals surface area (Å²) in [6.45, 7) is 0. The van der Waals surface area contributed by atoms with Gasteiger partial charge in [-0.05, 0) is 0 Å². The van der Waals surface area contributed by atoms with Gasteiger partial charge in [0.1, 0.15) is 0 Å². The van der Waals surface area contributed by atoms with Gasteiger partial charge in [-0.25, -0.2) is 10.5 Å². The van der Waals surface area contributed by atoms with Crippen LogP contribution in [0.25, 0.3) is 0 Å². The Morgan fingerprint density at radius 3 is 1.73 bits per heavy atom. The second kappa shape index (κ2) is 3.30. The van der Waals surface area contributed by atoms with Crippen LogP contribution < -0.4 is 5.90 Å². The zero-order chi connectivity index (χ0) is 9.28. The minimum Gasteiger partial charge on any atom is -0.370 e. The quantitative estimate of drug-likeness (QED) is 0.277. The van der Waals surface area contributed by atoms with E-state index in [1.54, 1.807) is 0 Å². The number of rotatable bonds is 3. The third kappa shape index (κ3) is 2.98. The minimum atomic E-state index is -5.06. The van der Waals surface area contributed by atoms with Gasteiger partial charge < -0.3 is 19.8 Å². The van der Waals surface area contributed by atoms with Crippen molar-refractivity contribution in [2.45, 2.75) is 5.59 Å². The predicted molar refractivity (Wildman–Crippen MR) is 33.1 cm³/mol.